The van der Waals surface area contributed by atoms with Crippen LogP contribution in [0.4, 0.5) is 0 Å². The predicted molar refractivity (Wildman–Crippen MR) is 82.9 cm³/mol. The molecule has 0 amide bonds. The van der Waals surface area contributed by atoms with Crippen LogP contribution in [-0.4, -0.2) is 23.0 Å². The van der Waals surface area contributed by atoms with E-state index in [9.17, 15) is 8.42 Å². The second-order valence-corrected chi connectivity index (χ2v) is 6.86. The van der Waals surface area contributed by atoms with Crippen molar-refractivity contribution in [3.8, 4) is 0 Å². The van der Waals surface area contributed by atoms with Gasteiger partial charge >= 0.3 is 0 Å². The smallest absolute Gasteiger partial charge is 0.221 e. The van der Waals surface area contributed by atoms with Gasteiger partial charge in [0.2, 0.25) is 10.0 Å². The van der Waals surface area contributed by atoms with E-state index in [4.69, 9.17) is 0 Å². The van der Waals surface area contributed by atoms with Crippen LogP contribution in [0.3, 0.4) is 0 Å². The number of hydrogen-bond acceptors (Lipinski definition) is 4. The van der Waals surface area contributed by atoms with Gasteiger partial charge in [0.05, 0.1) is 11.4 Å². The van der Waals surface area contributed by atoms with E-state index in [1.54, 1.807) is 29.8 Å². The number of fused-ring (bicyclic) bond motifs is 1. The summed E-state index contributed by atoms with van der Waals surface area (Å²) < 4.78 is 28.9. The Bertz CT molecular complexity index is 899. The number of sulfonamides is 1. The lowest BCUT2D eigenvalue weighted by atomic mass is 10.2. The number of hydrogen-bond donors (Lipinski definition) is 1. The van der Waals surface area contributed by atoms with Crippen molar-refractivity contribution in [2.45, 2.75) is 25.3 Å². The molecule has 1 N–H and O–H groups in total. The highest BCUT2D eigenvalue weighted by atomic mass is 32.2. The first kappa shape index (κ1) is 14.7. The van der Waals surface area contributed by atoms with Crippen molar-refractivity contribution in [1.29, 1.82) is 0 Å². The SMILES string of the molecule is Cc1ccc(S(=O)(=O)NCc2nc3ccccn3n2)c(C)c1. The van der Waals surface area contributed by atoms with Gasteiger partial charge in [0, 0.05) is 6.20 Å². The Kier molecular flexibility index (Phi) is 3.67. The van der Waals surface area contributed by atoms with Crippen LogP contribution < -0.4 is 4.72 Å². The van der Waals surface area contributed by atoms with Crippen molar-refractivity contribution in [3.05, 3.63) is 59.5 Å². The van der Waals surface area contributed by atoms with Crippen LogP contribution in [0, 0.1) is 13.8 Å². The third kappa shape index (κ3) is 2.86. The zero-order valence-electron chi connectivity index (χ0n) is 12.3. The molecule has 6 nitrogen and oxygen atoms in total. The van der Waals surface area contributed by atoms with Gasteiger partial charge in [0.25, 0.3) is 0 Å². The first-order valence-corrected chi connectivity index (χ1v) is 8.31. The summed E-state index contributed by atoms with van der Waals surface area (Å²) in [6.07, 6.45) is 1.77. The number of aromatic nitrogens is 3. The monoisotopic (exact) mass is 316 g/mol. The largest absolute Gasteiger partial charge is 0.241 e. The van der Waals surface area contributed by atoms with Crippen molar-refractivity contribution in [1.82, 2.24) is 19.3 Å². The van der Waals surface area contributed by atoms with Gasteiger partial charge in [-0.25, -0.2) is 22.6 Å². The number of pyridine rings is 1. The van der Waals surface area contributed by atoms with Crippen LogP contribution in [-0.2, 0) is 16.6 Å². The fourth-order valence-corrected chi connectivity index (χ4v) is 3.50. The quantitative estimate of drug-likeness (QED) is 0.796. The molecule has 0 radical (unpaired) electrons. The van der Waals surface area contributed by atoms with E-state index in [-0.39, 0.29) is 11.4 Å². The Morgan fingerprint density at radius 1 is 1.18 bits per heavy atom. The number of rotatable bonds is 4. The molecular weight excluding hydrogens is 300 g/mol. The van der Waals surface area contributed by atoms with Crippen molar-refractivity contribution in [3.63, 3.8) is 0 Å². The zero-order chi connectivity index (χ0) is 15.7. The Morgan fingerprint density at radius 2 is 2.00 bits per heavy atom. The second-order valence-electron chi connectivity index (χ2n) is 5.12. The summed E-state index contributed by atoms with van der Waals surface area (Å²) in [5.74, 6) is 0.430. The molecule has 0 spiro atoms. The van der Waals surface area contributed by atoms with Crippen LogP contribution in [0.25, 0.3) is 5.65 Å². The lowest BCUT2D eigenvalue weighted by Crippen LogP contribution is -2.24. The van der Waals surface area contributed by atoms with Gasteiger partial charge in [-0.2, -0.15) is 0 Å². The molecule has 0 aliphatic rings. The average molecular weight is 316 g/mol. The van der Waals surface area contributed by atoms with E-state index in [1.165, 1.54) is 0 Å². The zero-order valence-corrected chi connectivity index (χ0v) is 13.1. The predicted octanol–water partition coefficient (Wildman–Crippen LogP) is 1.82. The van der Waals surface area contributed by atoms with Gasteiger partial charge < -0.3 is 0 Å². The van der Waals surface area contributed by atoms with Crippen molar-refractivity contribution < 1.29 is 8.42 Å². The molecule has 2 heterocycles. The maximum Gasteiger partial charge on any atom is 0.241 e. The topological polar surface area (TPSA) is 76.4 Å². The highest BCUT2D eigenvalue weighted by Crippen LogP contribution is 2.16. The van der Waals surface area contributed by atoms with Gasteiger partial charge in [-0.15, -0.1) is 5.10 Å². The molecule has 0 atom stereocenters. The molecule has 1 aromatic carbocycles. The Morgan fingerprint density at radius 3 is 2.73 bits per heavy atom. The van der Waals surface area contributed by atoms with E-state index >= 15 is 0 Å². The molecule has 0 aliphatic carbocycles. The minimum atomic E-state index is -3.58. The molecule has 114 valence electrons. The first-order chi connectivity index (χ1) is 10.5. The van der Waals surface area contributed by atoms with Crippen LogP contribution in [0.2, 0.25) is 0 Å². The van der Waals surface area contributed by atoms with Crippen molar-refractivity contribution in [2.24, 2.45) is 0 Å². The normalized spacial score (nSPS) is 11.9. The highest BCUT2D eigenvalue weighted by Gasteiger charge is 2.17. The third-order valence-electron chi connectivity index (χ3n) is 3.33. The Labute approximate surface area is 128 Å². The summed E-state index contributed by atoms with van der Waals surface area (Å²) >= 11 is 0. The standard InChI is InChI=1S/C15H16N4O2S/c1-11-6-7-13(12(2)9-11)22(20,21)16-10-14-17-15-5-3-4-8-19(15)18-14/h3-9,16H,10H2,1-2H3. The van der Waals surface area contributed by atoms with E-state index in [0.29, 0.717) is 11.5 Å². The summed E-state index contributed by atoms with van der Waals surface area (Å²) in [4.78, 5) is 4.55. The molecule has 3 rings (SSSR count). The third-order valence-corrected chi connectivity index (χ3v) is 4.89. The average Bonchev–Trinajstić information content (AvgIpc) is 2.87. The van der Waals surface area contributed by atoms with Gasteiger partial charge in [-0.3, -0.25) is 0 Å². The summed E-state index contributed by atoms with van der Waals surface area (Å²) in [6.45, 7) is 3.76. The molecule has 0 aliphatic heterocycles. The molecule has 2 aromatic heterocycles. The summed E-state index contributed by atoms with van der Waals surface area (Å²) in [5.41, 5.74) is 2.43. The maximum absolute atomic E-state index is 12.4. The van der Waals surface area contributed by atoms with Crippen LogP contribution in [0.15, 0.2) is 47.5 Å². The summed E-state index contributed by atoms with van der Waals surface area (Å²) in [6, 6.07) is 10.8. The van der Waals surface area contributed by atoms with Crippen molar-refractivity contribution >= 4 is 15.7 Å². The van der Waals surface area contributed by atoms with E-state index in [1.807, 2.05) is 31.2 Å². The minimum absolute atomic E-state index is 0.0529. The fraction of sp³-hybridized carbons (Fsp3) is 0.200. The van der Waals surface area contributed by atoms with Gasteiger partial charge in [0.15, 0.2) is 11.5 Å². The molecule has 22 heavy (non-hydrogen) atoms. The molecule has 0 bridgehead atoms. The number of nitrogens with zero attached hydrogens (tertiary/aromatic N) is 3. The van der Waals surface area contributed by atoms with E-state index in [2.05, 4.69) is 14.8 Å². The lowest BCUT2D eigenvalue weighted by Gasteiger charge is -2.08. The molecule has 0 fully saturated rings. The molecule has 0 saturated carbocycles. The maximum atomic E-state index is 12.4. The van der Waals surface area contributed by atoms with E-state index < -0.39 is 10.0 Å². The molecule has 7 heteroatoms. The minimum Gasteiger partial charge on any atom is -0.221 e. The Hall–Kier alpha value is -2.25. The van der Waals surface area contributed by atoms with Gasteiger partial charge in [0.1, 0.15) is 0 Å². The van der Waals surface area contributed by atoms with Crippen LogP contribution >= 0.6 is 0 Å². The highest BCUT2D eigenvalue weighted by molar-refractivity contribution is 7.89. The first-order valence-electron chi connectivity index (χ1n) is 6.83. The summed E-state index contributed by atoms with van der Waals surface area (Å²) in [7, 11) is -3.58. The fourth-order valence-electron chi connectivity index (χ4n) is 2.29. The van der Waals surface area contributed by atoms with Crippen LogP contribution in [0.5, 0.6) is 0 Å². The van der Waals surface area contributed by atoms with Gasteiger partial charge in [-0.05, 0) is 37.6 Å². The lowest BCUT2D eigenvalue weighted by molar-refractivity contribution is 0.578. The van der Waals surface area contributed by atoms with Crippen LogP contribution in [0.1, 0.15) is 17.0 Å². The number of nitrogens with one attached hydrogen (secondary N) is 1. The number of benzene rings is 1. The van der Waals surface area contributed by atoms with Gasteiger partial charge in [-0.1, -0.05) is 23.8 Å². The molecule has 3 aromatic rings. The Balaban J connectivity index is 1.82. The summed E-state index contributed by atoms with van der Waals surface area (Å²) in [5, 5.41) is 4.22. The molecule has 0 unspecified atom stereocenters. The number of aryl methyl sites for hydroxylation is 2. The van der Waals surface area contributed by atoms with E-state index in [0.717, 1.165) is 11.1 Å². The second kappa shape index (κ2) is 5.51. The molecular formula is C15H16N4O2S. The molecule has 0 saturated heterocycles. The van der Waals surface area contributed by atoms with Crippen molar-refractivity contribution in [2.75, 3.05) is 0 Å².